The molecule has 0 spiro atoms. The van der Waals surface area contributed by atoms with E-state index in [4.69, 9.17) is 9.15 Å². The Kier molecular flexibility index (Phi) is 5.73. The molecule has 1 heterocycles. The van der Waals surface area contributed by atoms with Crippen LogP contribution < -0.4 is 10.6 Å². The third kappa shape index (κ3) is 4.75. The van der Waals surface area contributed by atoms with Crippen molar-refractivity contribution in [1.29, 1.82) is 0 Å². The fourth-order valence-corrected chi connectivity index (χ4v) is 1.84. The number of nitrogens with one attached hydrogen (secondary N) is 2. The lowest BCUT2D eigenvalue weighted by molar-refractivity contribution is -0.122. The zero-order valence-electron chi connectivity index (χ0n) is 12.3. The number of carbonyl (C=O) groups excluding carboxylic acids is 2. The van der Waals surface area contributed by atoms with Crippen molar-refractivity contribution in [1.82, 2.24) is 5.32 Å². The van der Waals surface area contributed by atoms with E-state index >= 15 is 0 Å². The average molecular weight is 302 g/mol. The van der Waals surface area contributed by atoms with Gasteiger partial charge in [-0.3, -0.25) is 9.59 Å². The molecule has 0 saturated carbocycles. The molecule has 0 aliphatic rings. The second kappa shape index (κ2) is 7.99. The molecular weight excluding hydrogens is 284 g/mol. The van der Waals surface area contributed by atoms with Crippen molar-refractivity contribution < 1.29 is 18.7 Å². The summed E-state index contributed by atoms with van der Waals surface area (Å²) < 4.78 is 9.88. The summed E-state index contributed by atoms with van der Waals surface area (Å²) in [4.78, 5) is 23.4. The largest absolute Gasteiger partial charge is 0.459 e. The SMILES string of the molecule is COCCC(=O)NCc1cccc(NC(=O)c2ccco2)c1. The Bertz CT molecular complexity index is 623. The maximum atomic E-state index is 11.9. The van der Waals surface area contributed by atoms with Crippen LogP contribution >= 0.6 is 0 Å². The number of hydrogen-bond donors (Lipinski definition) is 2. The van der Waals surface area contributed by atoms with Crippen LogP contribution in [0.3, 0.4) is 0 Å². The standard InChI is InChI=1S/C16H18N2O4/c1-21-9-7-15(19)17-11-12-4-2-5-13(10-12)18-16(20)14-6-3-8-22-14/h2-6,8,10H,7,9,11H2,1H3,(H,17,19)(H,18,20). The summed E-state index contributed by atoms with van der Waals surface area (Å²) in [6, 6.07) is 10.5. The first kappa shape index (κ1) is 15.8. The number of benzene rings is 1. The van der Waals surface area contributed by atoms with E-state index in [2.05, 4.69) is 10.6 Å². The number of rotatable bonds is 7. The number of furan rings is 1. The number of ether oxygens (including phenoxy) is 1. The normalized spacial score (nSPS) is 10.2. The Balaban J connectivity index is 1.89. The summed E-state index contributed by atoms with van der Waals surface area (Å²) in [6.07, 6.45) is 1.77. The molecule has 1 aromatic carbocycles. The molecule has 0 unspecified atom stereocenters. The Morgan fingerprint density at radius 1 is 1.23 bits per heavy atom. The minimum Gasteiger partial charge on any atom is -0.459 e. The van der Waals surface area contributed by atoms with E-state index in [0.717, 1.165) is 5.56 Å². The fourth-order valence-electron chi connectivity index (χ4n) is 1.84. The summed E-state index contributed by atoms with van der Waals surface area (Å²) >= 11 is 0. The van der Waals surface area contributed by atoms with E-state index in [0.29, 0.717) is 25.3 Å². The maximum absolute atomic E-state index is 11.9. The van der Waals surface area contributed by atoms with Crippen LogP contribution in [0.5, 0.6) is 0 Å². The molecule has 0 aliphatic heterocycles. The lowest BCUT2D eigenvalue weighted by Crippen LogP contribution is -2.23. The molecule has 0 radical (unpaired) electrons. The van der Waals surface area contributed by atoms with Gasteiger partial charge in [0.25, 0.3) is 5.91 Å². The average Bonchev–Trinajstić information content (AvgIpc) is 3.06. The van der Waals surface area contributed by atoms with Gasteiger partial charge < -0.3 is 19.8 Å². The highest BCUT2D eigenvalue weighted by Gasteiger charge is 2.09. The van der Waals surface area contributed by atoms with Gasteiger partial charge in [0.2, 0.25) is 5.91 Å². The van der Waals surface area contributed by atoms with Gasteiger partial charge in [-0.05, 0) is 29.8 Å². The minimum atomic E-state index is -0.314. The minimum absolute atomic E-state index is 0.0770. The van der Waals surface area contributed by atoms with E-state index in [9.17, 15) is 9.59 Å². The van der Waals surface area contributed by atoms with Gasteiger partial charge in [0, 0.05) is 25.8 Å². The summed E-state index contributed by atoms with van der Waals surface area (Å²) in [7, 11) is 1.55. The Morgan fingerprint density at radius 3 is 2.82 bits per heavy atom. The highest BCUT2D eigenvalue weighted by molar-refractivity contribution is 6.02. The molecule has 2 N–H and O–H groups in total. The number of hydrogen-bond acceptors (Lipinski definition) is 4. The molecule has 2 rings (SSSR count). The number of amides is 2. The highest BCUT2D eigenvalue weighted by atomic mass is 16.5. The molecular formula is C16H18N2O4. The van der Waals surface area contributed by atoms with E-state index in [1.807, 2.05) is 12.1 Å². The molecule has 0 fully saturated rings. The van der Waals surface area contributed by atoms with Crippen molar-refractivity contribution in [3.05, 3.63) is 54.0 Å². The summed E-state index contributed by atoms with van der Waals surface area (Å²) in [5.74, 6) is -0.142. The van der Waals surface area contributed by atoms with E-state index < -0.39 is 0 Å². The van der Waals surface area contributed by atoms with E-state index in [1.54, 1.807) is 31.4 Å². The first-order valence-corrected chi connectivity index (χ1v) is 6.88. The van der Waals surface area contributed by atoms with Gasteiger partial charge >= 0.3 is 0 Å². The predicted molar refractivity (Wildman–Crippen MR) is 81.4 cm³/mol. The zero-order chi connectivity index (χ0) is 15.8. The third-order valence-corrected chi connectivity index (χ3v) is 2.95. The van der Waals surface area contributed by atoms with Gasteiger partial charge in [-0.25, -0.2) is 0 Å². The molecule has 6 heteroatoms. The molecule has 0 atom stereocenters. The Labute approximate surface area is 128 Å². The molecule has 22 heavy (non-hydrogen) atoms. The monoisotopic (exact) mass is 302 g/mol. The van der Waals surface area contributed by atoms with Gasteiger partial charge in [-0.15, -0.1) is 0 Å². The van der Waals surface area contributed by atoms with Crippen LogP contribution in [0.15, 0.2) is 47.1 Å². The Morgan fingerprint density at radius 2 is 2.09 bits per heavy atom. The molecule has 1 aromatic heterocycles. The van der Waals surface area contributed by atoms with E-state index in [-0.39, 0.29) is 17.6 Å². The Hall–Kier alpha value is -2.60. The second-order valence-electron chi connectivity index (χ2n) is 4.65. The van der Waals surface area contributed by atoms with Crippen LogP contribution in [0.2, 0.25) is 0 Å². The van der Waals surface area contributed by atoms with Crippen molar-refractivity contribution in [3.63, 3.8) is 0 Å². The van der Waals surface area contributed by atoms with Crippen molar-refractivity contribution >= 4 is 17.5 Å². The van der Waals surface area contributed by atoms with E-state index in [1.165, 1.54) is 6.26 Å². The highest BCUT2D eigenvalue weighted by Crippen LogP contribution is 2.12. The molecule has 116 valence electrons. The third-order valence-electron chi connectivity index (χ3n) is 2.95. The number of carbonyl (C=O) groups is 2. The fraction of sp³-hybridized carbons (Fsp3) is 0.250. The van der Waals surface area contributed by atoms with Crippen LogP contribution in [-0.4, -0.2) is 25.5 Å². The predicted octanol–water partition coefficient (Wildman–Crippen LogP) is 2.18. The maximum Gasteiger partial charge on any atom is 0.291 e. The van der Waals surface area contributed by atoms with Crippen molar-refractivity contribution in [3.8, 4) is 0 Å². The van der Waals surface area contributed by atoms with Crippen molar-refractivity contribution in [2.75, 3.05) is 19.0 Å². The van der Waals surface area contributed by atoms with Gasteiger partial charge in [0.15, 0.2) is 5.76 Å². The van der Waals surface area contributed by atoms with Gasteiger partial charge in [-0.1, -0.05) is 12.1 Å². The van der Waals surface area contributed by atoms with Gasteiger partial charge in [0.1, 0.15) is 0 Å². The van der Waals surface area contributed by atoms with Crippen LogP contribution in [0.1, 0.15) is 22.5 Å². The van der Waals surface area contributed by atoms with Gasteiger partial charge in [-0.2, -0.15) is 0 Å². The molecule has 2 aromatic rings. The second-order valence-corrected chi connectivity index (χ2v) is 4.65. The summed E-state index contributed by atoms with van der Waals surface area (Å²) in [5, 5.41) is 5.53. The smallest absolute Gasteiger partial charge is 0.291 e. The van der Waals surface area contributed by atoms with Crippen molar-refractivity contribution in [2.45, 2.75) is 13.0 Å². The number of anilines is 1. The molecule has 2 amide bonds. The van der Waals surface area contributed by atoms with Crippen LogP contribution in [0.25, 0.3) is 0 Å². The molecule has 0 aliphatic carbocycles. The molecule has 0 bridgehead atoms. The topological polar surface area (TPSA) is 80.6 Å². The summed E-state index contributed by atoms with van der Waals surface area (Å²) in [6.45, 7) is 0.790. The quantitative estimate of drug-likeness (QED) is 0.821. The van der Waals surface area contributed by atoms with Crippen LogP contribution in [0, 0.1) is 0 Å². The zero-order valence-corrected chi connectivity index (χ0v) is 12.3. The first-order valence-electron chi connectivity index (χ1n) is 6.88. The summed E-state index contributed by atoms with van der Waals surface area (Å²) in [5.41, 5.74) is 1.54. The molecule has 0 saturated heterocycles. The van der Waals surface area contributed by atoms with Crippen LogP contribution in [-0.2, 0) is 16.1 Å². The molecule has 6 nitrogen and oxygen atoms in total. The van der Waals surface area contributed by atoms with Crippen LogP contribution in [0.4, 0.5) is 5.69 Å². The van der Waals surface area contributed by atoms with Crippen molar-refractivity contribution in [2.24, 2.45) is 0 Å². The first-order chi connectivity index (χ1) is 10.7. The van der Waals surface area contributed by atoms with Gasteiger partial charge in [0.05, 0.1) is 12.9 Å². The lowest BCUT2D eigenvalue weighted by Gasteiger charge is -2.08. The lowest BCUT2D eigenvalue weighted by atomic mass is 10.2. The number of methoxy groups -OCH3 is 1.